The Kier molecular flexibility index (Phi) is 7.06. The van der Waals surface area contributed by atoms with Crippen LogP contribution in [0.1, 0.15) is 25.3 Å². The monoisotopic (exact) mass is 251 g/mol. The van der Waals surface area contributed by atoms with Crippen molar-refractivity contribution in [1.82, 2.24) is 5.32 Å². The molecule has 0 aliphatic carbocycles. The van der Waals surface area contributed by atoms with Gasteiger partial charge in [-0.2, -0.15) is 0 Å². The fourth-order valence-electron chi connectivity index (χ4n) is 1.51. The van der Waals surface area contributed by atoms with Crippen LogP contribution in [0.25, 0.3) is 0 Å². The fraction of sp³-hybridized carbons (Fsp3) is 0.500. The number of nitrogens with one attached hydrogen (secondary N) is 1. The molecule has 0 spiro atoms. The van der Waals surface area contributed by atoms with E-state index >= 15 is 0 Å². The van der Waals surface area contributed by atoms with Gasteiger partial charge in [0.05, 0.1) is 12.7 Å². The predicted molar refractivity (Wildman–Crippen MR) is 70.0 cm³/mol. The zero-order valence-corrected chi connectivity index (χ0v) is 10.8. The van der Waals surface area contributed by atoms with Crippen molar-refractivity contribution in [2.75, 3.05) is 13.2 Å². The molecule has 4 heteroatoms. The topological polar surface area (TPSA) is 58.6 Å². The van der Waals surface area contributed by atoms with Crippen LogP contribution in [0.5, 0.6) is 0 Å². The first-order valence-corrected chi connectivity index (χ1v) is 6.25. The van der Waals surface area contributed by atoms with Gasteiger partial charge in [0, 0.05) is 6.54 Å². The second-order valence-corrected chi connectivity index (χ2v) is 4.32. The highest BCUT2D eigenvalue weighted by atomic mass is 16.5. The summed E-state index contributed by atoms with van der Waals surface area (Å²) in [6.45, 7) is 2.84. The standard InChI is InChI=1S/C14H21NO3/c1-12(16)6-5-9-15-14(17)11-18-10-13-7-3-2-4-8-13/h2-4,7-8,12,16H,5-6,9-11H2,1H3,(H,15,17). The van der Waals surface area contributed by atoms with Gasteiger partial charge in [0.15, 0.2) is 0 Å². The summed E-state index contributed by atoms with van der Waals surface area (Å²) in [5, 5.41) is 11.8. The van der Waals surface area contributed by atoms with Gasteiger partial charge in [0.25, 0.3) is 0 Å². The minimum absolute atomic E-state index is 0.0730. The Bertz CT molecular complexity index is 338. The molecule has 1 atom stereocenters. The minimum Gasteiger partial charge on any atom is -0.393 e. The van der Waals surface area contributed by atoms with E-state index in [0.717, 1.165) is 12.0 Å². The van der Waals surface area contributed by atoms with Crippen molar-refractivity contribution in [2.45, 2.75) is 32.5 Å². The molecule has 0 bridgehead atoms. The summed E-state index contributed by atoms with van der Waals surface area (Å²) < 4.78 is 5.30. The van der Waals surface area contributed by atoms with Crippen LogP contribution in [-0.4, -0.2) is 30.3 Å². The smallest absolute Gasteiger partial charge is 0.246 e. The number of amides is 1. The van der Waals surface area contributed by atoms with Gasteiger partial charge < -0.3 is 15.2 Å². The maximum Gasteiger partial charge on any atom is 0.246 e. The summed E-state index contributed by atoms with van der Waals surface area (Å²) in [5.41, 5.74) is 1.06. The SMILES string of the molecule is CC(O)CCCNC(=O)COCc1ccccc1. The number of carbonyl (C=O) groups is 1. The number of carbonyl (C=O) groups excluding carboxylic acids is 1. The molecule has 1 aromatic carbocycles. The van der Waals surface area contributed by atoms with Gasteiger partial charge in [-0.05, 0) is 25.3 Å². The van der Waals surface area contributed by atoms with Crippen molar-refractivity contribution in [3.63, 3.8) is 0 Å². The third-order valence-corrected chi connectivity index (χ3v) is 2.47. The van der Waals surface area contributed by atoms with E-state index in [4.69, 9.17) is 9.84 Å². The molecule has 4 nitrogen and oxygen atoms in total. The van der Waals surface area contributed by atoms with Crippen LogP contribution in [0.2, 0.25) is 0 Å². The van der Waals surface area contributed by atoms with Crippen molar-refractivity contribution < 1.29 is 14.6 Å². The Morgan fingerprint density at radius 2 is 2.11 bits per heavy atom. The molecule has 0 saturated heterocycles. The molecule has 1 amide bonds. The summed E-state index contributed by atoms with van der Waals surface area (Å²) in [6, 6.07) is 9.74. The maximum absolute atomic E-state index is 11.4. The fourth-order valence-corrected chi connectivity index (χ4v) is 1.51. The lowest BCUT2D eigenvalue weighted by atomic mass is 10.2. The molecule has 0 aliphatic heterocycles. The molecule has 0 radical (unpaired) electrons. The second-order valence-electron chi connectivity index (χ2n) is 4.32. The highest BCUT2D eigenvalue weighted by Gasteiger charge is 2.01. The second kappa shape index (κ2) is 8.66. The lowest BCUT2D eigenvalue weighted by Crippen LogP contribution is -2.28. The molecule has 18 heavy (non-hydrogen) atoms. The van der Waals surface area contributed by atoms with E-state index in [1.54, 1.807) is 6.92 Å². The number of aliphatic hydroxyl groups is 1. The van der Waals surface area contributed by atoms with Crippen molar-refractivity contribution in [3.8, 4) is 0 Å². The lowest BCUT2D eigenvalue weighted by Gasteiger charge is -2.07. The largest absolute Gasteiger partial charge is 0.393 e. The molecule has 1 aromatic rings. The molecule has 2 N–H and O–H groups in total. The minimum atomic E-state index is -0.309. The first kappa shape index (κ1) is 14.7. The third-order valence-electron chi connectivity index (χ3n) is 2.47. The van der Waals surface area contributed by atoms with Gasteiger partial charge >= 0.3 is 0 Å². The van der Waals surface area contributed by atoms with Crippen molar-refractivity contribution in [2.24, 2.45) is 0 Å². The van der Waals surface area contributed by atoms with E-state index in [1.807, 2.05) is 30.3 Å². The summed E-state index contributed by atoms with van der Waals surface area (Å²) >= 11 is 0. The number of rotatable bonds is 8. The Balaban J connectivity index is 2.03. The molecule has 0 fully saturated rings. The van der Waals surface area contributed by atoms with Crippen LogP contribution >= 0.6 is 0 Å². The zero-order chi connectivity index (χ0) is 13.2. The average molecular weight is 251 g/mol. The van der Waals surface area contributed by atoms with E-state index in [1.165, 1.54) is 0 Å². The molecule has 0 saturated carbocycles. The molecule has 1 unspecified atom stereocenters. The van der Waals surface area contributed by atoms with Gasteiger partial charge in [-0.1, -0.05) is 30.3 Å². The molecule has 0 aromatic heterocycles. The zero-order valence-electron chi connectivity index (χ0n) is 10.8. The number of ether oxygens (including phenoxy) is 1. The third kappa shape index (κ3) is 7.04. The molecule has 1 rings (SSSR count). The summed E-state index contributed by atoms with van der Waals surface area (Å²) in [5.74, 6) is -0.114. The molecular weight excluding hydrogens is 230 g/mol. The predicted octanol–water partition coefficient (Wildman–Crippen LogP) is 1.48. The van der Waals surface area contributed by atoms with Gasteiger partial charge in [-0.3, -0.25) is 4.79 Å². The first-order valence-electron chi connectivity index (χ1n) is 6.25. The van der Waals surface area contributed by atoms with Crippen LogP contribution in [0, 0.1) is 0 Å². The molecule has 0 heterocycles. The Labute approximate surface area is 108 Å². The normalized spacial score (nSPS) is 12.1. The number of benzene rings is 1. The Morgan fingerprint density at radius 3 is 2.78 bits per heavy atom. The molecule has 0 aliphatic rings. The van der Waals surface area contributed by atoms with Crippen LogP contribution in [0.15, 0.2) is 30.3 Å². The van der Waals surface area contributed by atoms with Crippen molar-refractivity contribution in [1.29, 1.82) is 0 Å². The van der Waals surface area contributed by atoms with Gasteiger partial charge in [-0.15, -0.1) is 0 Å². The number of aliphatic hydroxyl groups excluding tert-OH is 1. The highest BCUT2D eigenvalue weighted by Crippen LogP contribution is 2.00. The van der Waals surface area contributed by atoms with E-state index in [9.17, 15) is 4.79 Å². The van der Waals surface area contributed by atoms with E-state index in [2.05, 4.69) is 5.32 Å². The first-order chi connectivity index (χ1) is 8.68. The van der Waals surface area contributed by atoms with Crippen LogP contribution in [0.4, 0.5) is 0 Å². The number of hydrogen-bond acceptors (Lipinski definition) is 3. The van der Waals surface area contributed by atoms with Gasteiger partial charge in [0.2, 0.25) is 5.91 Å². The number of hydrogen-bond donors (Lipinski definition) is 2. The molecule has 100 valence electrons. The average Bonchev–Trinajstić information content (AvgIpc) is 2.36. The summed E-state index contributed by atoms with van der Waals surface area (Å²) in [4.78, 5) is 11.4. The maximum atomic E-state index is 11.4. The summed E-state index contributed by atoms with van der Waals surface area (Å²) in [7, 11) is 0. The lowest BCUT2D eigenvalue weighted by molar-refractivity contribution is -0.126. The Hall–Kier alpha value is -1.39. The van der Waals surface area contributed by atoms with E-state index in [0.29, 0.717) is 19.6 Å². The summed E-state index contributed by atoms with van der Waals surface area (Å²) in [6.07, 6.45) is 1.17. The molecular formula is C14H21NO3. The highest BCUT2D eigenvalue weighted by molar-refractivity contribution is 5.77. The quantitative estimate of drug-likeness (QED) is 0.688. The van der Waals surface area contributed by atoms with Crippen molar-refractivity contribution >= 4 is 5.91 Å². The van der Waals surface area contributed by atoms with Crippen molar-refractivity contribution in [3.05, 3.63) is 35.9 Å². The van der Waals surface area contributed by atoms with Gasteiger partial charge in [0.1, 0.15) is 6.61 Å². The van der Waals surface area contributed by atoms with Gasteiger partial charge in [-0.25, -0.2) is 0 Å². The van der Waals surface area contributed by atoms with Crippen LogP contribution < -0.4 is 5.32 Å². The van der Waals surface area contributed by atoms with Crippen LogP contribution in [0.3, 0.4) is 0 Å². The van der Waals surface area contributed by atoms with E-state index < -0.39 is 0 Å². The van der Waals surface area contributed by atoms with E-state index in [-0.39, 0.29) is 18.6 Å². The van der Waals surface area contributed by atoms with Crippen LogP contribution in [-0.2, 0) is 16.1 Å². The Morgan fingerprint density at radius 1 is 1.39 bits per heavy atom.